The fourth-order valence-corrected chi connectivity index (χ4v) is 0.429. The lowest BCUT2D eigenvalue weighted by Crippen LogP contribution is -2.20. The van der Waals surface area contributed by atoms with Crippen molar-refractivity contribution in [1.29, 1.82) is 0 Å². The molecule has 3 N–H and O–H groups in total. The van der Waals surface area contributed by atoms with Gasteiger partial charge >= 0.3 is 0 Å². The minimum absolute atomic E-state index is 0.0625. The first-order valence-electron chi connectivity index (χ1n) is 2.39. The predicted octanol–water partition coefficient (Wildman–Crippen LogP) is -0.0813. The van der Waals surface area contributed by atoms with Gasteiger partial charge in [-0.25, -0.2) is 0 Å². The topological polar surface area (TPSA) is 46.2 Å². The number of hydrogen-bond donors (Lipinski definition) is 2. The molecule has 0 aliphatic heterocycles. The average molecular weight is 102 g/mol. The van der Waals surface area contributed by atoms with Gasteiger partial charge in [-0.05, 0) is 20.3 Å². The van der Waals surface area contributed by atoms with E-state index in [-0.39, 0.29) is 6.04 Å². The maximum atomic E-state index is 8.53. The average Bonchev–Trinajstić information content (AvgIpc) is 1.27. The molecule has 7 heavy (non-hydrogen) atoms. The summed E-state index contributed by atoms with van der Waals surface area (Å²) < 4.78 is 0. The maximum Gasteiger partial charge on any atom is 0.0555 e. The molecular formula is C5H12NO. The van der Waals surface area contributed by atoms with E-state index in [1.54, 1.807) is 0 Å². The Bertz CT molecular complexity index is 37.3. The largest absolute Gasteiger partial charge is 0.393 e. The lowest BCUT2D eigenvalue weighted by atomic mass is 10.2. The third kappa shape index (κ3) is 5.92. The molecule has 0 saturated carbocycles. The second-order valence-corrected chi connectivity index (χ2v) is 1.87. The van der Waals surface area contributed by atoms with Crippen LogP contribution in [0, 0.1) is 6.92 Å². The highest BCUT2D eigenvalue weighted by Gasteiger charge is 1.97. The van der Waals surface area contributed by atoms with Crippen molar-refractivity contribution in [3.05, 3.63) is 6.92 Å². The predicted molar refractivity (Wildman–Crippen MR) is 29.6 cm³/mol. The SMILES string of the molecule is [CH2]C(O)CC(C)N. The second kappa shape index (κ2) is 2.99. The summed E-state index contributed by atoms with van der Waals surface area (Å²) in [5.74, 6) is 0. The van der Waals surface area contributed by atoms with E-state index < -0.39 is 6.10 Å². The Morgan fingerprint density at radius 3 is 2.29 bits per heavy atom. The first-order chi connectivity index (χ1) is 3.13. The highest BCUT2D eigenvalue weighted by atomic mass is 16.3. The number of aliphatic hydroxyl groups is 1. The molecule has 0 heterocycles. The van der Waals surface area contributed by atoms with Crippen molar-refractivity contribution in [2.24, 2.45) is 5.73 Å². The fourth-order valence-electron chi connectivity index (χ4n) is 0.429. The first-order valence-corrected chi connectivity index (χ1v) is 2.39. The molecule has 0 rings (SSSR count). The lowest BCUT2D eigenvalue weighted by Gasteiger charge is -2.04. The van der Waals surface area contributed by atoms with Gasteiger partial charge in [-0.1, -0.05) is 0 Å². The van der Waals surface area contributed by atoms with Crippen LogP contribution < -0.4 is 5.73 Å². The third-order valence-electron chi connectivity index (χ3n) is 0.644. The zero-order valence-electron chi connectivity index (χ0n) is 4.59. The van der Waals surface area contributed by atoms with Crippen molar-refractivity contribution in [3.8, 4) is 0 Å². The van der Waals surface area contributed by atoms with Gasteiger partial charge in [0.2, 0.25) is 0 Å². The van der Waals surface area contributed by atoms with Crippen LogP contribution in [0.4, 0.5) is 0 Å². The summed E-state index contributed by atoms with van der Waals surface area (Å²) in [5.41, 5.74) is 5.29. The Kier molecular flexibility index (Phi) is 2.96. The summed E-state index contributed by atoms with van der Waals surface area (Å²) >= 11 is 0. The van der Waals surface area contributed by atoms with E-state index in [4.69, 9.17) is 10.8 Å². The monoisotopic (exact) mass is 102 g/mol. The van der Waals surface area contributed by atoms with Gasteiger partial charge in [-0.15, -0.1) is 0 Å². The van der Waals surface area contributed by atoms with E-state index >= 15 is 0 Å². The lowest BCUT2D eigenvalue weighted by molar-refractivity contribution is 0.202. The molecule has 0 aliphatic carbocycles. The van der Waals surface area contributed by atoms with Gasteiger partial charge in [0.05, 0.1) is 6.10 Å². The summed E-state index contributed by atoms with van der Waals surface area (Å²) in [6.45, 7) is 5.20. The standard InChI is InChI=1S/C5H12NO/c1-4(6)3-5(2)7/h4-5,7H,2-3,6H2,1H3. The van der Waals surface area contributed by atoms with Gasteiger partial charge in [-0.2, -0.15) is 0 Å². The molecular weight excluding hydrogens is 90.1 g/mol. The summed E-state index contributed by atoms with van der Waals surface area (Å²) in [4.78, 5) is 0. The Balaban J connectivity index is 2.95. The van der Waals surface area contributed by atoms with E-state index in [0.29, 0.717) is 6.42 Å². The Labute approximate surface area is 44.3 Å². The third-order valence-corrected chi connectivity index (χ3v) is 0.644. The van der Waals surface area contributed by atoms with Crippen molar-refractivity contribution < 1.29 is 5.11 Å². The summed E-state index contributed by atoms with van der Waals surface area (Å²) in [6.07, 6.45) is 0.0833. The Morgan fingerprint density at radius 2 is 2.29 bits per heavy atom. The van der Waals surface area contributed by atoms with Crippen LogP contribution in [0.1, 0.15) is 13.3 Å². The van der Waals surface area contributed by atoms with Gasteiger partial charge in [0.25, 0.3) is 0 Å². The quantitative estimate of drug-likeness (QED) is 0.512. The van der Waals surface area contributed by atoms with Gasteiger partial charge in [-0.3, -0.25) is 0 Å². The van der Waals surface area contributed by atoms with Crippen molar-refractivity contribution in [2.45, 2.75) is 25.5 Å². The first kappa shape index (κ1) is 6.92. The molecule has 1 radical (unpaired) electrons. The normalized spacial score (nSPS) is 18.9. The summed E-state index contributed by atoms with van der Waals surface area (Å²) in [6, 6.07) is 0.0625. The van der Waals surface area contributed by atoms with Crippen LogP contribution in [0.5, 0.6) is 0 Å². The van der Waals surface area contributed by atoms with Crippen molar-refractivity contribution in [2.75, 3.05) is 0 Å². The molecule has 0 fully saturated rings. The molecule has 0 amide bonds. The summed E-state index contributed by atoms with van der Waals surface area (Å²) in [7, 11) is 0. The molecule has 43 valence electrons. The molecule has 0 aromatic carbocycles. The molecule has 2 atom stereocenters. The van der Waals surface area contributed by atoms with Crippen molar-refractivity contribution in [1.82, 2.24) is 0 Å². The molecule has 0 spiro atoms. The molecule has 2 nitrogen and oxygen atoms in total. The van der Waals surface area contributed by atoms with E-state index in [1.807, 2.05) is 6.92 Å². The van der Waals surface area contributed by atoms with Crippen molar-refractivity contribution in [3.63, 3.8) is 0 Å². The number of nitrogens with two attached hydrogens (primary N) is 1. The molecule has 0 aliphatic rings. The van der Waals surface area contributed by atoms with Crippen molar-refractivity contribution >= 4 is 0 Å². The maximum absolute atomic E-state index is 8.53. The van der Waals surface area contributed by atoms with Crippen LogP contribution >= 0.6 is 0 Å². The molecule has 2 unspecified atom stereocenters. The van der Waals surface area contributed by atoms with Crippen LogP contribution in [0.2, 0.25) is 0 Å². The fraction of sp³-hybridized carbons (Fsp3) is 0.800. The number of rotatable bonds is 2. The van der Waals surface area contributed by atoms with Gasteiger partial charge in [0, 0.05) is 6.04 Å². The van der Waals surface area contributed by atoms with Crippen LogP contribution in [0.25, 0.3) is 0 Å². The molecule has 2 heteroatoms. The van der Waals surface area contributed by atoms with E-state index in [1.165, 1.54) is 0 Å². The van der Waals surface area contributed by atoms with Crippen LogP contribution in [0.3, 0.4) is 0 Å². The van der Waals surface area contributed by atoms with Crippen LogP contribution in [-0.4, -0.2) is 17.3 Å². The molecule has 0 aromatic rings. The number of aliphatic hydroxyl groups excluding tert-OH is 1. The zero-order valence-corrected chi connectivity index (χ0v) is 4.59. The van der Waals surface area contributed by atoms with E-state index in [2.05, 4.69) is 6.92 Å². The van der Waals surface area contributed by atoms with E-state index in [0.717, 1.165) is 0 Å². The zero-order chi connectivity index (χ0) is 5.86. The highest BCUT2D eigenvalue weighted by molar-refractivity contribution is 4.62. The molecule has 0 bridgehead atoms. The second-order valence-electron chi connectivity index (χ2n) is 1.87. The number of hydrogen-bond acceptors (Lipinski definition) is 2. The Morgan fingerprint density at radius 1 is 1.86 bits per heavy atom. The highest BCUT2D eigenvalue weighted by Crippen LogP contribution is 1.90. The summed E-state index contributed by atoms with van der Waals surface area (Å²) in [5, 5.41) is 8.53. The van der Waals surface area contributed by atoms with E-state index in [9.17, 15) is 0 Å². The van der Waals surface area contributed by atoms with Gasteiger partial charge in [0.15, 0.2) is 0 Å². The van der Waals surface area contributed by atoms with Gasteiger partial charge < -0.3 is 10.8 Å². The molecule has 0 saturated heterocycles. The van der Waals surface area contributed by atoms with Crippen LogP contribution in [0.15, 0.2) is 0 Å². The minimum atomic E-state index is -0.500. The van der Waals surface area contributed by atoms with Crippen LogP contribution in [-0.2, 0) is 0 Å². The van der Waals surface area contributed by atoms with Gasteiger partial charge in [0.1, 0.15) is 0 Å². The smallest absolute Gasteiger partial charge is 0.0555 e. The minimum Gasteiger partial charge on any atom is -0.393 e. The Hall–Kier alpha value is -0.0800. The molecule has 0 aromatic heterocycles.